The SMILES string of the molecule is Cl.NCC1CCN(Cc2ccc(OC(F)F)cc2)CC1. The lowest BCUT2D eigenvalue weighted by Gasteiger charge is -2.31. The number of piperidine rings is 1. The Kier molecular flexibility index (Phi) is 7.19. The largest absolute Gasteiger partial charge is 0.435 e. The molecule has 2 N–H and O–H groups in total. The molecule has 0 bridgehead atoms. The third kappa shape index (κ3) is 5.23. The number of benzene rings is 1. The molecule has 0 saturated carbocycles. The van der Waals surface area contributed by atoms with Crippen molar-refractivity contribution in [2.75, 3.05) is 19.6 Å². The summed E-state index contributed by atoms with van der Waals surface area (Å²) in [6.07, 6.45) is 2.28. The summed E-state index contributed by atoms with van der Waals surface area (Å²) in [5, 5.41) is 0. The number of rotatable bonds is 5. The molecule has 1 heterocycles. The summed E-state index contributed by atoms with van der Waals surface area (Å²) in [6, 6.07) is 6.86. The monoisotopic (exact) mass is 306 g/mol. The van der Waals surface area contributed by atoms with E-state index in [1.807, 2.05) is 12.1 Å². The minimum absolute atomic E-state index is 0. The van der Waals surface area contributed by atoms with Gasteiger partial charge >= 0.3 is 6.61 Å². The molecule has 3 nitrogen and oxygen atoms in total. The highest BCUT2D eigenvalue weighted by Crippen LogP contribution is 2.20. The maximum Gasteiger partial charge on any atom is 0.387 e. The second kappa shape index (κ2) is 8.39. The lowest BCUT2D eigenvalue weighted by molar-refractivity contribution is -0.0498. The second-order valence-corrected chi connectivity index (χ2v) is 4.98. The smallest absolute Gasteiger partial charge is 0.387 e. The molecule has 0 spiro atoms. The number of likely N-dealkylation sites (tertiary alicyclic amines) is 1. The first-order chi connectivity index (χ1) is 9.17. The van der Waals surface area contributed by atoms with Crippen molar-refractivity contribution in [2.24, 2.45) is 11.7 Å². The fourth-order valence-corrected chi connectivity index (χ4v) is 2.41. The molecular weight excluding hydrogens is 286 g/mol. The van der Waals surface area contributed by atoms with Crippen LogP contribution >= 0.6 is 12.4 Å². The quantitative estimate of drug-likeness (QED) is 0.909. The number of nitrogens with zero attached hydrogens (tertiary/aromatic N) is 1. The van der Waals surface area contributed by atoms with Gasteiger partial charge in [0.15, 0.2) is 0 Å². The van der Waals surface area contributed by atoms with E-state index in [-0.39, 0.29) is 18.2 Å². The van der Waals surface area contributed by atoms with Gasteiger partial charge in [-0.1, -0.05) is 12.1 Å². The van der Waals surface area contributed by atoms with Crippen LogP contribution < -0.4 is 10.5 Å². The first-order valence-corrected chi connectivity index (χ1v) is 6.63. The van der Waals surface area contributed by atoms with Crippen molar-refractivity contribution in [1.29, 1.82) is 0 Å². The number of nitrogens with two attached hydrogens (primary N) is 1. The Bertz CT molecular complexity index is 381. The van der Waals surface area contributed by atoms with Gasteiger partial charge in [0.1, 0.15) is 5.75 Å². The third-order valence-corrected chi connectivity index (χ3v) is 3.60. The van der Waals surface area contributed by atoms with Gasteiger partial charge in [-0.2, -0.15) is 8.78 Å². The van der Waals surface area contributed by atoms with Crippen molar-refractivity contribution >= 4 is 12.4 Å². The van der Waals surface area contributed by atoms with Crippen LogP contribution in [-0.4, -0.2) is 31.1 Å². The fraction of sp³-hybridized carbons (Fsp3) is 0.571. The minimum Gasteiger partial charge on any atom is -0.435 e. The third-order valence-electron chi connectivity index (χ3n) is 3.60. The summed E-state index contributed by atoms with van der Waals surface area (Å²) in [7, 11) is 0. The topological polar surface area (TPSA) is 38.5 Å². The van der Waals surface area contributed by atoms with Gasteiger partial charge < -0.3 is 10.5 Å². The van der Waals surface area contributed by atoms with Crippen molar-refractivity contribution in [1.82, 2.24) is 4.90 Å². The average molecular weight is 307 g/mol. The summed E-state index contributed by atoms with van der Waals surface area (Å²) >= 11 is 0. The van der Waals surface area contributed by atoms with Crippen LogP contribution in [0.4, 0.5) is 8.78 Å². The van der Waals surface area contributed by atoms with Crippen LogP contribution in [0.2, 0.25) is 0 Å². The van der Waals surface area contributed by atoms with E-state index >= 15 is 0 Å². The van der Waals surface area contributed by atoms with Crippen molar-refractivity contribution < 1.29 is 13.5 Å². The number of alkyl halides is 2. The Labute approximate surface area is 124 Å². The van der Waals surface area contributed by atoms with Gasteiger partial charge in [0.25, 0.3) is 0 Å². The van der Waals surface area contributed by atoms with Crippen LogP contribution in [0, 0.1) is 5.92 Å². The van der Waals surface area contributed by atoms with E-state index in [0.29, 0.717) is 5.92 Å². The Morgan fingerprint density at radius 1 is 1.20 bits per heavy atom. The Hall–Kier alpha value is -0.910. The standard InChI is InChI=1S/C14H20F2N2O.ClH/c15-14(16)19-13-3-1-12(2-4-13)10-18-7-5-11(9-17)6-8-18;/h1-4,11,14H,5-10,17H2;1H. The predicted octanol–water partition coefficient (Wildman–Crippen LogP) is 2.88. The molecule has 0 unspecified atom stereocenters. The van der Waals surface area contributed by atoms with Crippen LogP contribution in [0.3, 0.4) is 0 Å². The Balaban J connectivity index is 0.00000200. The molecule has 1 aromatic rings. The number of ether oxygens (including phenoxy) is 1. The van der Waals surface area contributed by atoms with Crippen molar-refractivity contribution in [3.63, 3.8) is 0 Å². The summed E-state index contributed by atoms with van der Waals surface area (Å²) in [4.78, 5) is 2.37. The minimum atomic E-state index is -2.76. The highest BCUT2D eigenvalue weighted by atomic mass is 35.5. The molecule has 1 fully saturated rings. The van der Waals surface area contributed by atoms with Gasteiger partial charge in [0, 0.05) is 6.54 Å². The summed E-state index contributed by atoms with van der Waals surface area (Å²) < 4.78 is 28.4. The van der Waals surface area contributed by atoms with Gasteiger partial charge in [-0.3, -0.25) is 4.90 Å². The Morgan fingerprint density at radius 3 is 2.30 bits per heavy atom. The maximum atomic E-state index is 12.0. The molecule has 2 rings (SSSR count). The van der Waals surface area contributed by atoms with E-state index in [2.05, 4.69) is 9.64 Å². The molecule has 1 aromatic carbocycles. The molecular formula is C14H21ClF2N2O. The zero-order chi connectivity index (χ0) is 13.7. The molecule has 20 heavy (non-hydrogen) atoms. The first kappa shape index (κ1) is 17.1. The van der Waals surface area contributed by atoms with E-state index < -0.39 is 6.61 Å². The van der Waals surface area contributed by atoms with Crippen LogP contribution in [0.1, 0.15) is 18.4 Å². The fourth-order valence-electron chi connectivity index (χ4n) is 2.41. The average Bonchev–Trinajstić information content (AvgIpc) is 2.41. The maximum absolute atomic E-state index is 12.0. The normalized spacial score (nSPS) is 17.0. The van der Waals surface area contributed by atoms with Crippen LogP contribution in [0.25, 0.3) is 0 Å². The van der Waals surface area contributed by atoms with Crippen LogP contribution in [-0.2, 0) is 6.54 Å². The van der Waals surface area contributed by atoms with Crippen molar-refractivity contribution in [3.8, 4) is 5.75 Å². The van der Waals surface area contributed by atoms with E-state index in [1.54, 1.807) is 12.1 Å². The Morgan fingerprint density at radius 2 is 1.80 bits per heavy atom. The lowest BCUT2D eigenvalue weighted by atomic mass is 9.97. The molecule has 1 aliphatic rings. The number of hydrogen-bond acceptors (Lipinski definition) is 3. The summed E-state index contributed by atoms with van der Waals surface area (Å²) in [5.74, 6) is 0.860. The molecule has 6 heteroatoms. The zero-order valence-corrected chi connectivity index (χ0v) is 12.1. The van der Waals surface area contributed by atoms with Crippen LogP contribution in [0.5, 0.6) is 5.75 Å². The molecule has 0 aromatic heterocycles. The van der Waals surface area contributed by atoms with E-state index in [1.165, 1.54) is 0 Å². The van der Waals surface area contributed by atoms with Gasteiger partial charge in [0.05, 0.1) is 0 Å². The number of hydrogen-bond donors (Lipinski definition) is 1. The highest BCUT2D eigenvalue weighted by Gasteiger charge is 2.17. The molecule has 0 radical (unpaired) electrons. The van der Waals surface area contributed by atoms with E-state index in [0.717, 1.165) is 44.6 Å². The highest BCUT2D eigenvalue weighted by molar-refractivity contribution is 5.85. The molecule has 0 atom stereocenters. The number of halogens is 3. The molecule has 114 valence electrons. The summed E-state index contributed by atoms with van der Waals surface area (Å²) in [6.45, 7) is 0.967. The predicted molar refractivity (Wildman–Crippen MR) is 77.4 cm³/mol. The summed E-state index contributed by atoms with van der Waals surface area (Å²) in [5.41, 5.74) is 6.78. The van der Waals surface area contributed by atoms with Gasteiger partial charge in [0.2, 0.25) is 0 Å². The molecule has 1 aliphatic heterocycles. The molecule has 0 aliphatic carbocycles. The molecule has 1 saturated heterocycles. The van der Waals surface area contributed by atoms with Crippen molar-refractivity contribution in [2.45, 2.75) is 26.0 Å². The molecule has 0 amide bonds. The van der Waals surface area contributed by atoms with E-state index in [4.69, 9.17) is 5.73 Å². The van der Waals surface area contributed by atoms with Gasteiger partial charge in [-0.15, -0.1) is 12.4 Å². The van der Waals surface area contributed by atoms with Crippen molar-refractivity contribution in [3.05, 3.63) is 29.8 Å². The first-order valence-electron chi connectivity index (χ1n) is 6.63. The zero-order valence-electron chi connectivity index (χ0n) is 11.3. The van der Waals surface area contributed by atoms with E-state index in [9.17, 15) is 8.78 Å². The van der Waals surface area contributed by atoms with Gasteiger partial charge in [-0.25, -0.2) is 0 Å². The van der Waals surface area contributed by atoms with Crippen LogP contribution in [0.15, 0.2) is 24.3 Å². The lowest BCUT2D eigenvalue weighted by Crippen LogP contribution is -2.35. The van der Waals surface area contributed by atoms with Gasteiger partial charge in [-0.05, 0) is 56.1 Å². The second-order valence-electron chi connectivity index (χ2n) is 4.98.